The van der Waals surface area contributed by atoms with Crippen molar-refractivity contribution in [2.75, 3.05) is 20.2 Å². The van der Waals surface area contributed by atoms with Crippen LogP contribution in [-0.4, -0.2) is 51.3 Å². The number of hydrogen-bond donors (Lipinski definition) is 1. The first-order valence-corrected chi connectivity index (χ1v) is 6.51. The highest BCUT2D eigenvalue weighted by Gasteiger charge is 2.19. The number of carbonyl (C=O) groups is 1. The monoisotopic (exact) mass is 286 g/mol. The van der Waals surface area contributed by atoms with Crippen molar-refractivity contribution in [2.24, 2.45) is 0 Å². The molecule has 0 saturated heterocycles. The number of rotatable bonds is 2. The fourth-order valence-corrected chi connectivity index (χ4v) is 2.33. The normalized spacial score (nSPS) is 14.9. The molecule has 0 radical (unpaired) electrons. The summed E-state index contributed by atoms with van der Waals surface area (Å²) in [5.41, 5.74) is 3.17. The minimum Gasteiger partial charge on any atom is -0.495 e. The molecule has 7 heteroatoms. The van der Waals surface area contributed by atoms with Gasteiger partial charge in [-0.05, 0) is 12.0 Å². The van der Waals surface area contributed by atoms with Gasteiger partial charge in [0.1, 0.15) is 17.6 Å². The van der Waals surface area contributed by atoms with E-state index in [1.165, 1.54) is 11.2 Å². The van der Waals surface area contributed by atoms with E-state index in [-0.39, 0.29) is 0 Å². The highest BCUT2D eigenvalue weighted by atomic mass is 16.5. The Morgan fingerprint density at radius 3 is 2.90 bits per heavy atom. The molecule has 1 N–H and O–H groups in total. The summed E-state index contributed by atoms with van der Waals surface area (Å²) in [6.07, 6.45) is 4.71. The Kier molecular flexibility index (Phi) is 3.39. The second kappa shape index (κ2) is 5.35. The van der Waals surface area contributed by atoms with Gasteiger partial charge in [-0.15, -0.1) is 0 Å². The number of methoxy groups -OCH3 is 1. The highest BCUT2D eigenvalue weighted by molar-refractivity contribution is 5.87. The Bertz CT molecular complexity index is 729. The van der Waals surface area contributed by atoms with Crippen molar-refractivity contribution in [3.05, 3.63) is 30.4 Å². The van der Waals surface area contributed by atoms with Crippen molar-refractivity contribution >= 4 is 22.7 Å². The first-order valence-electron chi connectivity index (χ1n) is 6.51. The lowest BCUT2D eigenvalue weighted by Crippen LogP contribution is -2.33. The average Bonchev–Trinajstić information content (AvgIpc) is 2.53. The molecule has 2 aromatic rings. The molecular formula is C14H14N4O3. The van der Waals surface area contributed by atoms with Gasteiger partial charge in [0.25, 0.3) is 0 Å². The summed E-state index contributed by atoms with van der Waals surface area (Å²) >= 11 is 0. The number of amides is 1. The van der Waals surface area contributed by atoms with Crippen LogP contribution in [0.1, 0.15) is 12.1 Å². The highest BCUT2D eigenvalue weighted by Crippen LogP contribution is 2.26. The first kappa shape index (κ1) is 13.3. The Morgan fingerprint density at radius 1 is 1.38 bits per heavy atom. The molecule has 0 unspecified atom stereocenters. The van der Waals surface area contributed by atoms with Crippen LogP contribution in [0.25, 0.3) is 16.6 Å². The summed E-state index contributed by atoms with van der Waals surface area (Å²) in [5, 5.41) is 8.97. The third kappa shape index (κ3) is 2.49. The van der Waals surface area contributed by atoms with Gasteiger partial charge in [-0.2, -0.15) is 0 Å². The molecule has 0 aromatic carbocycles. The zero-order valence-electron chi connectivity index (χ0n) is 11.5. The van der Waals surface area contributed by atoms with Crippen molar-refractivity contribution < 1.29 is 14.6 Å². The van der Waals surface area contributed by atoms with Gasteiger partial charge in [0.2, 0.25) is 0 Å². The molecule has 21 heavy (non-hydrogen) atoms. The fraction of sp³-hybridized carbons (Fsp3) is 0.286. The third-order valence-electron chi connectivity index (χ3n) is 3.47. The second-order valence-corrected chi connectivity index (χ2v) is 4.67. The number of fused-ring (bicyclic) bond motifs is 1. The van der Waals surface area contributed by atoms with Gasteiger partial charge in [0, 0.05) is 19.2 Å². The molecular weight excluding hydrogens is 272 g/mol. The van der Waals surface area contributed by atoms with Crippen LogP contribution in [0.3, 0.4) is 0 Å². The van der Waals surface area contributed by atoms with E-state index < -0.39 is 6.09 Å². The Labute approximate surface area is 120 Å². The van der Waals surface area contributed by atoms with Crippen LogP contribution >= 0.6 is 0 Å². The summed E-state index contributed by atoms with van der Waals surface area (Å²) in [6.45, 7) is 0.829. The Balaban J connectivity index is 1.99. The van der Waals surface area contributed by atoms with Gasteiger partial charge >= 0.3 is 6.09 Å². The van der Waals surface area contributed by atoms with Crippen LogP contribution in [0.5, 0.6) is 5.75 Å². The van der Waals surface area contributed by atoms with Gasteiger partial charge in [-0.25, -0.2) is 19.7 Å². The van der Waals surface area contributed by atoms with Crippen LogP contribution in [-0.2, 0) is 0 Å². The lowest BCUT2D eigenvalue weighted by Gasteiger charge is -2.23. The predicted octanol–water partition coefficient (Wildman–Crippen LogP) is 1.80. The number of ether oxygens (including phenoxy) is 1. The van der Waals surface area contributed by atoms with Crippen molar-refractivity contribution in [3.8, 4) is 5.75 Å². The van der Waals surface area contributed by atoms with E-state index in [1.54, 1.807) is 19.4 Å². The van der Waals surface area contributed by atoms with E-state index >= 15 is 0 Å². The average molecular weight is 286 g/mol. The number of aromatic nitrogens is 3. The molecule has 1 amide bonds. The molecule has 0 aliphatic carbocycles. The zero-order valence-corrected chi connectivity index (χ0v) is 11.5. The van der Waals surface area contributed by atoms with Crippen LogP contribution in [0, 0.1) is 0 Å². The number of hydrogen-bond acceptors (Lipinski definition) is 5. The standard InChI is InChI=1S/C14H14N4O3/c1-21-10-6-11-13(15-7-10)12(17-8-16-11)9-2-4-18(5-3-9)14(19)20/h2,6-8H,3-5H2,1H3,(H,19,20). The third-order valence-corrected chi connectivity index (χ3v) is 3.47. The van der Waals surface area contributed by atoms with E-state index in [2.05, 4.69) is 15.0 Å². The summed E-state index contributed by atoms with van der Waals surface area (Å²) in [5.74, 6) is 0.641. The van der Waals surface area contributed by atoms with Crippen LogP contribution in [0.4, 0.5) is 4.79 Å². The SMILES string of the molecule is COc1cnc2c(C3=CCN(C(=O)O)CC3)ncnc2c1. The second-order valence-electron chi connectivity index (χ2n) is 4.67. The Hall–Kier alpha value is -2.70. The minimum absolute atomic E-state index is 0.367. The van der Waals surface area contributed by atoms with Crippen LogP contribution in [0.2, 0.25) is 0 Å². The number of nitrogens with zero attached hydrogens (tertiary/aromatic N) is 4. The lowest BCUT2D eigenvalue weighted by molar-refractivity contribution is 0.150. The van der Waals surface area contributed by atoms with Gasteiger partial charge in [-0.1, -0.05) is 6.08 Å². The van der Waals surface area contributed by atoms with Gasteiger partial charge in [-0.3, -0.25) is 0 Å². The summed E-state index contributed by atoms with van der Waals surface area (Å²) < 4.78 is 5.14. The molecule has 0 fully saturated rings. The molecule has 3 rings (SSSR count). The topological polar surface area (TPSA) is 88.4 Å². The van der Waals surface area contributed by atoms with E-state index in [0.29, 0.717) is 36.3 Å². The molecule has 0 saturated carbocycles. The minimum atomic E-state index is -0.902. The zero-order chi connectivity index (χ0) is 14.8. The maximum Gasteiger partial charge on any atom is 0.407 e. The maximum absolute atomic E-state index is 10.9. The van der Waals surface area contributed by atoms with Gasteiger partial charge < -0.3 is 14.7 Å². The smallest absolute Gasteiger partial charge is 0.407 e. The molecule has 7 nitrogen and oxygen atoms in total. The largest absolute Gasteiger partial charge is 0.495 e. The van der Waals surface area contributed by atoms with E-state index in [9.17, 15) is 4.79 Å². The van der Waals surface area contributed by atoms with E-state index in [1.807, 2.05) is 6.08 Å². The van der Waals surface area contributed by atoms with E-state index in [0.717, 1.165) is 11.3 Å². The quantitative estimate of drug-likeness (QED) is 0.905. The molecule has 0 spiro atoms. The first-order chi connectivity index (χ1) is 10.2. The molecule has 1 aliphatic heterocycles. The van der Waals surface area contributed by atoms with E-state index in [4.69, 9.17) is 9.84 Å². The van der Waals surface area contributed by atoms with Crippen molar-refractivity contribution in [1.82, 2.24) is 19.9 Å². The lowest BCUT2D eigenvalue weighted by atomic mass is 10.0. The summed E-state index contributed by atoms with van der Waals surface area (Å²) in [6, 6.07) is 1.81. The number of pyridine rings is 1. The summed E-state index contributed by atoms with van der Waals surface area (Å²) in [4.78, 5) is 25.2. The number of carboxylic acid groups (broad SMARTS) is 1. The van der Waals surface area contributed by atoms with Crippen LogP contribution < -0.4 is 4.74 Å². The van der Waals surface area contributed by atoms with Crippen molar-refractivity contribution in [3.63, 3.8) is 0 Å². The van der Waals surface area contributed by atoms with Gasteiger partial charge in [0.15, 0.2) is 0 Å². The molecule has 0 atom stereocenters. The summed E-state index contributed by atoms with van der Waals surface area (Å²) in [7, 11) is 1.58. The van der Waals surface area contributed by atoms with Gasteiger partial charge in [0.05, 0.1) is 24.5 Å². The molecule has 2 aromatic heterocycles. The molecule has 108 valence electrons. The predicted molar refractivity (Wildman–Crippen MR) is 76.1 cm³/mol. The molecule has 3 heterocycles. The molecule has 0 bridgehead atoms. The van der Waals surface area contributed by atoms with Crippen LogP contribution in [0.15, 0.2) is 24.7 Å². The maximum atomic E-state index is 10.9. The molecule has 1 aliphatic rings. The fourth-order valence-electron chi connectivity index (χ4n) is 2.33. The van der Waals surface area contributed by atoms with Crippen molar-refractivity contribution in [2.45, 2.75) is 6.42 Å². The Morgan fingerprint density at radius 2 is 2.24 bits per heavy atom. The van der Waals surface area contributed by atoms with Crippen molar-refractivity contribution in [1.29, 1.82) is 0 Å².